The highest BCUT2D eigenvalue weighted by Crippen LogP contribution is 2.34. The molecule has 0 unspecified atom stereocenters. The Hall–Kier alpha value is -3.56. The molecule has 1 saturated heterocycles. The van der Waals surface area contributed by atoms with E-state index >= 15 is 0 Å². The molecule has 1 aromatic carbocycles. The van der Waals surface area contributed by atoms with Gasteiger partial charge in [0.05, 0.1) is 19.5 Å². The molecule has 0 spiro atoms. The lowest BCUT2D eigenvalue weighted by atomic mass is 10.1. The molecule has 1 aliphatic heterocycles. The smallest absolute Gasteiger partial charge is 0.217 e. The minimum Gasteiger partial charge on any atom is -0.388 e. The van der Waals surface area contributed by atoms with E-state index in [4.69, 9.17) is 15.3 Å². The molecule has 166 valence electrons. The number of ether oxygens (including phenoxy) is 1. The number of aliphatic hydroxyl groups excluding tert-OH is 2. The molecule has 11 heteroatoms. The SMILES string of the molecule is CONc1nc(C#Cc2ccccc2)nc2c1ncn2[C@@H]1O[C@@H](CCC(N)=O)[C@H](O)[C@H]1O. The Kier molecular flexibility index (Phi) is 6.29. The Labute approximate surface area is 183 Å². The Bertz CT molecular complexity index is 1170. The summed E-state index contributed by atoms with van der Waals surface area (Å²) < 4.78 is 7.31. The van der Waals surface area contributed by atoms with Crippen molar-refractivity contribution in [3.05, 3.63) is 48.0 Å². The van der Waals surface area contributed by atoms with Crippen molar-refractivity contribution in [1.29, 1.82) is 0 Å². The highest BCUT2D eigenvalue weighted by Gasteiger charge is 2.44. The Balaban J connectivity index is 1.70. The lowest BCUT2D eigenvalue weighted by Crippen LogP contribution is -2.32. The van der Waals surface area contributed by atoms with Crippen LogP contribution in [0.4, 0.5) is 5.82 Å². The molecule has 3 aromatic rings. The number of nitrogens with zero attached hydrogens (tertiary/aromatic N) is 4. The summed E-state index contributed by atoms with van der Waals surface area (Å²) in [5, 5.41) is 20.9. The summed E-state index contributed by atoms with van der Waals surface area (Å²) in [5.74, 6) is 5.86. The molecule has 1 fully saturated rings. The number of rotatable bonds is 6. The van der Waals surface area contributed by atoms with Gasteiger partial charge in [0.25, 0.3) is 0 Å². The van der Waals surface area contributed by atoms with Crippen LogP contribution in [-0.2, 0) is 14.4 Å². The number of hydrogen-bond acceptors (Lipinski definition) is 9. The first-order valence-corrected chi connectivity index (χ1v) is 9.88. The van der Waals surface area contributed by atoms with Crippen molar-refractivity contribution in [2.24, 2.45) is 5.73 Å². The van der Waals surface area contributed by atoms with Crippen molar-refractivity contribution in [3.8, 4) is 11.8 Å². The van der Waals surface area contributed by atoms with Crippen LogP contribution in [0, 0.1) is 11.8 Å². The highest BCUT2D eigenvalue weighted by atomic mass is 16.6. The van der Waals surface area contributed by atoms with Gasteiger partial charge >= 0.3 is 0 Å². The number of primary amides is 1. The van der Waals surface area contributed by atoms with Crippen molar-refractivity contribution >= 4 is 22.9 Å². The molecular weight excluding hydrogens is 416 g/mol. The number of carbonyl (C=O) groups excluding carboxylic acids is 1. The molecule has 2 aromatic heterocycles. The van der Waals surface area contributed by atoms with Gasteiger partial charge in [-0.15, -0.1) is 0 Å². The molecule has 11 nitrogen and oxygen atoms in total. The number of imidazole rings is 1. The van der Waals surface area contributed by atoms with Gasteiger partial charge in [-0.1, -0.05) is 24.1 Å². The van der Waals surface area contributed by atoms with E-state index in [-0.39, 0.29) is 24.5 Å². The number of nitrogens with two attached hydrogens (primary N) is 1. The van der Waals surface area contributed by atoms with Gasteiger partial charge in [0.1, 0.15) is 12.2 Å². The van der Waals surface area contributed by atoms with Crippen LogP contribution in [0.3, 0.4) is 0 Å². The van der Waals surface area contributed by atoms with E-state index in [0.29, 0.717) is 11.2 Å². The maximum absolute atomic E-state index is 11.1. The third kappa shape index (κ3) is 4.39. The van der Waals surface area contributed by atoms with Crippen molar-refractivity contribution in [2.75, 3.05) is 12.6 Å². The van der Waals surface area contributed by atoms with Gasteiger partial charge in [-0.05, 0) is 24.5 Å². The van der Waals surface area contributed by atoms with Crippen LogP contribution in [0.1, 0.15) is 30.5 Å². The molecule has 0 bridgehead atoms. The van der Waals surface area contributed by atoms with Crippen LogP contribution in [0.25, 0.3) is 11.2 Å². The number of aromatic nitrogens is 4. The molecule has 1 amide bonds. The van der Waals surface area contributed by atoms with Crippen LogP contribution in [0.5, 0.6) is 0 Å². The van der Waals surface area contributed by atoms with Crippen LogP contribution in [0.2, 0.25) is 0 Å². The summed E-state index contributed by atoms with van der Waals surface area (Å²) in [6, 6.07) is 9.37. The van der Waals surface area contributed by atoms with Crippen LogP contribution < -0.4 is 11.2 Å². The van der Waals surface area contributed by atoms with Gasteiger partial charge in [-0.25, -0.2) is 15.4 Å². The molecule has 1 aliphatic rings. The molecule has 4 atom stereocenters. The maximum atomic E-state index is 11.1. The van der Waals surface area contributed by atoms with E-state index in [1.54, 1.807) is 0 Å². The van der Waals surface area contributed by atoms with Crippen LogP contribution >= 0.6 is 0 Å². The first kappa shape index (κ1) is 21.7. The third-order valence-corrected chi connectivity index (χ3v) is 5.00. The highest BCUT2D eigenvalue weighted by molar-refractivity contribution is 5.83. The first-order chi connectivity index (χ1) is 15.5. The van der Waals surface area contributed by atoms with Gasteiger partial charge in [0.15, 0.2) is 23.2 Å². The minimum atomic E-state index is -1.27. The van der Waals surface area contributed by atoms with Gasteiger partial charge in [0, 0.05) is 12.0 Å². The summed E-state index contributed by atoms with van der Waals surface area (Å²) in [5.41, 5.74) is 9.32. The zero-order valence-electron chi connectivity index (χ0n) is 17.2. The van der Waals surface area contributed by atoms with E-state index in [9.17, 15) is 15.0 Å². The second-order valence-corrected chi connectivity index (χ2v) is 7.19. The van der Waals surface area contributed by atoms with Crippen LogP contribution in [-0.4, -0.2) is 61.1 Å². The first-order valence-electron chi connectivity index (χ1n) is 9.88. The number of fused-ring (bicyclic) bond motifs is 1. The van der Waals surface area contributed by atoms with E-state index in [0.717, 1.165) is 5.56 Å². The Morgan fingerprint density at radius 3 is 2.75 bits per heavy atom. The van der Waals surface area contributed by atoms with E-state index in [1.165, 1.54) is 18.0 Å². The fourth-order valence-corrected chi connectivity index (χ4v) is 3.46. The predicted octanol–water partition coefficient (Wildman–Crippen LogP) is 0.0841. The van der Waals surface area contributed by atoms with Crippen molar-refractivity contribution in [3.63, 3.8) is 0 Å². The predicted molar refractivity (Wildman–Crippen MR) is 113 cm³/mol. The van der Waals surface area contributed by atoms with E-state index in [2.05, 4.69) is 32.3 Å². The number of benzene rings is 1. The summed E-state index contributed by atoms with van der Waals surface area (Å²) >= 11 is 0. The zero-order chi connectivity index (χ0) is 22.7. The van der Waals surface area contributed by atoms with Crippen molar-refractivity contribution in [1.82, 2.24) is 19.5 Å². The van der Waals surface area contributed by atoms with Gasteiger partial charge in [-0.3, -0.25) is 14.2 Å². The second kappa shape index (κ2) is 9.29. The zero-order valence-corrected chi connectivity index (χ0v) is 17.2. The quantitative estimate of drug-likeness (QED) is 0.309. The lowest BCUT2D eigenvalue weighted by molar-refractivity contribution is -0.119. The number of carbonyl (C=O) groups is 1. The summed E-state index contributed by atoms with van der Waals surface area (Å²) in [6.07, 6.45) is -2.59. The molecule has 0 aliphatic carbocycles. The van der Waals surface area contributed by atoms with Crippen LogP contribution in [0.15, 0.2) is 36.7 Å². The number of aliphatic hydroxyl groups is 2. The van der Waals surface area contributed by atoms with Gasteiger partial charge < -0.3 is 20.7 Å². The average molecular weight is 438 g/mol. The number of amides is 1. The molecular formula is C21H22N6O5. The topological polar surface area (TPSA) is 158 Å². The molecule has 32 heavy (non-hydrogen) atoms. The molecule has 0 saturated carbocycles. The number of anilines is 1. The third-order valence-electron chi connectivity index (χ3n) is 5.00. The second-order valence-electron chi connectivity index (χ2n) is 7.19. The minimum absolute atomic E-state index is 0.0230. The fraction of sp³-hybridized carbons (Fsp3) is 0.333. The maximum Gasteiger partial charge on any atom is 0.217 e. The summed E-state index contributed by atoms with van der Waals surface area (Å²) in [4.78, 5) is 29.2. The van der Waals surface area contributed by atoms with Gasteiger partial charge in [0.2, 0.25) is 11.7 Å². The number of hydrogen-bond donors (Lipinski definition) is 4. The molecule has 0 radical (unpaired) electrons. The summed E-state index contributed by atoms with van der Waals surface area (Å²) in [7, 11) is 1.43. The molecule has 3 heterocycles. The Morgan fingerprint density at radius 1 is 1.25 bits per heavy atom. The van der Waals surface area contributed by atoms with Gasteiger partial charge in [-0.2, -0.15) is 4.98 Å². The fourth-order valence-electron chi connectivity index (χ4n) is 3.46. The van der Waals surface area contributed by atoms with E-state index < -0.39 is 30.4 Å². The lowest BCUT2D eigenvalue weighted by Gasteiger charge is -2.16. The normalized spacial score (nSPS) is 22.5. The molecule has 4 rings (SSSR count). The largest absolute Gasteiger partial charge is 0.388 e. The van der Waals surface area contributed by atoms with Crippen molar-refractivity contribution in [2.45, 2.75) is 37.4 Å². The Morgan fingerprint density at radius 2 is 2.03 bits per heavy atom. The van der Waals surface area contributed by atoms with E-state index in [1.807, 2.05) is 30.3 Å². The average Bonchev–Trinajstić information content (AvgIpc) is 3.33. The van der Waals surface area contributed by atoms with Crippen molar-refractivity contribution < 1.29 is 24.6 Å². The monoisotopic (exact) mass is 438 g/mol. The molecule has 5 N–H and O–H groups in total. The standard InChI is InChI=1S/C21H22N6O5/c1-31-26-19-16-20(25-15(24-19)10-7-12-5-3-2-4-6-12)27(11-23-16)21-18(30)17(29)13(32-21)8-9-14(22)28/h2-6,11,13,17-18,21,29-30H,8-9H2,1H3,(H2,22,28)(H,24,25,26)/t13-,17-,18+,21+/m0/s1. The summed E-state index contributed by atoms with van der Waals surface area (Å²) in [6.45, 7) is 0. The number of nitrogens with one attached hydrogen (secondary N) is 1.